The van der Waals surface area contributed by atoms with Crippen LogP contribution in [0.25, 0.3) is 0 Å². The van der Waals surface area contributed by atoms with Crippen LogP contribution < -0.4 is 10.6 Å². The zero-order valence-corrected chi connectivity index (χ0v) is 9.18. The van der Waals surface area contributed by atoms with Gasteiger partial charge in [-0.3, -0.25) is 0 Å². The molecule has 0 saturated carbocycles. The van der Waals surface area contributed by atoms with Crippen molar-refractivity contribution in [3.8, 4) is 0 Å². The molecule has 0 spiro atoms. The largest absolute Gasteiger partial charge is 0.338 e. The zero-order chi connectivity index (χ0) is 10.4. The third kappa shape index (κ3) is 3.54. The van der Waals surface area contributed by atoms with E-state index in [2.05, 4.69) is 10.6 Å². The maximum Gasteiger partial charge on any atom is 0.317 e. The second-order valence-electron chi connectivity index (χ2n) is 3.86. The van der Waals surface area contributed by atoms with E-state index < -0.39 is 0 Å². The van der Waals surface area contributed by atoms with Crippen LogP contribution in [0.15, 0.2) is 0 Å². The van der Waals surface area contributed by atoms with Gasteiger partial charge >= 0.3 is 6.03 Å². The Bertz CT molecular complexity index is 178. The fraction of sp³-hybridized carbons (Fsp3) is 0.900. The number of urea groups is 1. The zero-order valence-electron chi connectivity index (χ0n) is 9.18. The van der Waals surface area contributed by atoms with Crippen molar-refractivity contribution in [2.24, 2.45) is 0 Å². The lowest BCUT2D eigenvalue weighted by atomic mass is 10.0. The molecule has 1 atom stereocenters. The monoisotopic (exact) mass is 199 g/mol. The summed E-state index contributed by atoms with van der Waals surface area (Å²) < 4.78 is 0. The Hall–Kier alpha value is -0.770. The van der Waals surface area contributed by atoms with Crippen molar-refractivity contribution in [1.82, 2.24) is 15.5 Å². The molecule has 82 valence electrons. The van der Waals surface area contributed by atoms with Crippen LogP contribution >= 0.6 is 0 Å². The van der Waals surface area contributed by atoms with Crippen molar-refractivity contribution in [3.63, 3.8) is 0 Å². The Morgan fingerprint density at radius 2 is 2.36 bits per heavy atom. The Labute approximate surface area is 86.0 Å². The van der Waals surface area contributed by atoms with Gasteiger partial charge in [-0.2, -0.15) is 0 Å². The average Bonchev–Trinajstić information content (AvgIpc) is 2.19. The maximum absolute atomic E-state index is 11.4. The SMILES string of the molecule is CCNC(=O)N(C)CC1CCCCN1. The summed E-state index contributed by atoms with van der Waals surface area (Å²) in [5, 5.41) is 6.22. The Kier molecular flexibility index (Phi) is 4.73. The van der Waals surface area contributed by atoms with Crippen LogP contribution in [0, 0.1) is 0 Å². The second-order valence-corrected chi connectivity index (χ2v) is 3.86. The minimum absolute atomic E-state index is 0.0277. The molecular formula is C10H21N3O. The molecular weight excluding hydrogens is 178 g/mol. The summed E-state index contributed by atoms with van der Waals surface area (Å²) in [5.74, 6) is 0. The van der Waals surface area contributed by atoms with Gasteiger partial charge < -0.3 is 15.5 Å². The molecule has 1 aliphatic heterocycles. The maximum atomic E-state index is 11.4. The van der Waals surface area contributed by atoms with E-state index in [0.717, 1.165) is 13.1 Å². The van der Waals surface area contributed by atoms with Crippen molar-refractivity contribution in [1.29, 1.82) is 0 Å². The molecule has 2 amide bonds. The van der Waals surface area contributed by atoms with E-state index in [1.54, 1.807) is 4.90 Å². The van der Waals surface area contributed by atoms with Crippen LogP contribution in [0.5, 0.6) is 0 Å². The van der Waals surface area contributed by atoms with E-state index in [4.69, 9.17) is 0 Å². The molecule has 0 radical (unpaired) electrons. The van der Waals surface area contributed by atoms with Crippen LogP contribution in [0.1, 0.15) is 26.2 Å². The lowest BCUT2D eigenvalue weighted by molar-refractivity contribution is 0.200. The van der Waals surface area contributed by atoms with Gasteiger partial charge in [-0.25, -0.2) is 4.79 Å². The first-order chi connectivity index (χ1) is 6.74. The van der Waals surface area contributed by atoms with Gasteiger partial charge in [0.1, 0.15) is 0 Å². The first-order valence-corrected chi connectivity index (χ1v) is 5.46. The predicted octanol–water partition coefficient (Wildman–Crippen LogP) is 0.790. The number of likely N-dealkylation sites (N-methyl/N-ethyl adjacent to an activating group) is 1. The van der Waals surface area contributed by atoms with Crippen molar-refractivity contribution in [2.75, 3.05) is 26.7 Å². The lowest BCUT2D eigenvalue weighted by Crippen LogP contribution is -2.47. The fourth-order valence-electron chi connectivity index (χ4n) is 1.78. The van der Waals surface area contributed by atoms with E-state index in [0.29, 0.717) is 12.6 Å². The summed E-state index contributed by atoms with van der Waals surface area (Å²) in [6.45, 7) is 4.53. The molecule has 2 N–H and O–H groups in total. The number of hydrogen-bond donors (Lipinski definition) is 2. The Balaban J connectivity index is 2.24. The van der Waals surface area contributed by atoms with Gasteiger partial charge in [0.2, 0.25) is 0 Å². The van der Waals surface area contributed by atoms with E-state index in [1.807, 2.05) is 14.0 Å². The molecule has 0 aromatic heterocycles. The molecule has 0 aliphatic carbocycles. The number of carbonyl (C=O) groups is 1. The molecule has 1 unspecified atom stereocenters. The van der Waals surface area contributed by atoms with Crippen LogP contribution in [-0.4, -0.2) is 43.7 Å². The number of nitrogens with one attached hydrogen (secondary N) is 2. The molecule has 1 rings (SSSR count). The van der Waals surface area contributed by atoms with Crippen molar-refractivity contribution in [2.45, 2.75) is 32.2 Å². The van der Waals surface area contributed by atoms with Gasteiger partial charge in [0.05, 0.1) is 0 Å². The molecule has 0 aromatic carbocycles. The van der Waals surface area contributed by atoms with E-state index in [1.165, 1.54) is 19.3 Å². The molecule has 1 heterocycles. The van der Waals surface area contributed by atoms with Gasteiger partial charge in [0.25, 0.3) is 0 Å². The molecule has 4 nitrogen and oxygen atoms in total. The summed E-state index contributed by atoms with van der Waals surface area (Å²) in [4.78, 5) is 13.2. The van der Waals surface area contributed by atoms with Crippen molar-refractivity contribution >= 4 is 6.03 Å². The van der Waals surface area contributed by atoms with Gasteiger partial charge in [-0.05, 0) is 26.3 Å². The molecule has 14 heavy (non-hydrogen) atoms. The third-order valence-corrected chi connectivity index (χ3v) is 2.58. The molecule has 1 saturated heterocycles. The summed E-state index contributed by atoms with van der Waals surface area (Å²) in [6.07, 6.45) is 3.73. The number of carbonyl (C=O) groups excluding carboxylic acids is 1. The number of hydrogen-bond acceptors (Lipinski definition) is 2. The van der Waals surface area contributed by atoms with Crippen LogP contribution in [0.3, 0.4) is 0 Å². The van der Waals surface area contributed by atoms with Crippen LogP contribution in [-0.2, 0) is 0 Å². The standard InChI is InChI=1S/C10H21N3O/c1-3-11-10(14)13(2)8-9-6-4-5-7-12-9/h9,12H,3-8H2,1-2H3,(H,11,14). The molecule has 4 heteroatoms. The summed E-state index contributed by atoms with van der Waals surface area (Å²) in [7, 11) is 1.85. The summed E-state index contributed by atoms with van der Waals surface area (Å²) >= 11 is 0. The van der Waals surface area contributed by atoms with Gasteiger partial charge in [-0.15, -0.1) is 0 Å². The number of amides is 2. The van der Waals surface area contributed by atoms with Crippen LogP contribution in [0.2, 0.25) is 0 Å². The molecule has 1 aliphatic rings. The summed E-state index contributed by atoms with van der Waals surface area (Å²) in [5.41, 5.74) is 0. The summed E-state index contributed by atoms with van der Waals surface area (Å²) in [6, 6.07) is 0.510. The van der Waals surface area contributed by atoms with Gasteiger partial charge in [0.15, 0.2) is 0 Å². The first-order valence-electron chi connectivity index (χ1n) is 5.46. The first kappa shape index (κ1) is 11.3. The minimum Gasteiger partial charge on any atom is -0.338 e. The van der Waals surface area contributed by atoms with Crippen LogP contribution in [0.4, 0.5) is 4.79 Å². The molecule has 0 aromatic rings. The average molecular weight is 199 g/mol. The Morgan fingerprint density at radius 1 is 1.57 bits per heavy atom. The smallest absolute Gasteiger partial charge is 0.317 e. The van der Waals surface area contributed by atoms with Crippen molar-refractivity contribution in [3.05, 3.63) is 0 Å². The predicted molar refractivity (Wildman–Crippen MR) is 57.3 cm³/mol. The highest BCUT2D eigenvalue weighted by Gasteiger charge is 2.16. The minimum atomic E-state index is 0.0277. The number of nitrogens with zero attached hydrogens (tertiary/aromatic N) is 1. The van der Waals surface area contributed by atoms with E-state index >= 15 is 0 Å². The van der Waals surface area contributed by atoms with E-state index in [-0.39, 0.29) is 6.03 Å². The lowest BCUT2D eigenvalue weighted by Gasteiger charge is -2.28. The molecule has 0 bridgehead atoms. The third-order valence-electron chi connectivity index (χ3n) is 2.58. The highest BCUT2D eigenvalue weighted by atomic mass is 16.2. The Morgan fingerprint density at radius 3 is 2.93 bits per heavy atom. The topological polar surface area (TPSA) is 44.4 Å². The number of rotatable bonds is 3. The van der Waals surface area contributed by atoms with Crippen molar-refractivity contribution < 1.29 is 4.79 Å². The van der Waals surface area contributed by atoms with E-state index in [9.17, 15) is 4.79 Å². The highest BCUT2D eigenvalue weighted by molar-refractivity contribution is 5.73. The van der Waals surface area contributed by atoms with Gasteiger partial charge in [-0.1, -0.05) is 6.42 Å². The second kappa shape index (κ2) is 5.86. The molecule has 1 fully saturated rings. The quantitative estimate of drug-likeness (QED) is 0.706. The van der Waals surface area contributed by atoms with Gasteiger partial charge in [0, 0.05) is 26.2 Å². The highest BCUT2D eigenvalue weighted by Crippen LogP contribution is 2.07. The number of piperidine rings is 1. The fourth-order valence-corrected chi connectivity index (χ4v) is 1.78. The normalized spacial score (nSPS) is 21.7.